The van der Waals surface area contributed by atoms with Crippen LogP contribution in [0.5, 0.6) is 5.75 Å². The lowest BCUT2D eigenvalue weighted by Crippen LogP contribution is -2.58. The number of rotatable bonds is 13. The molecule has 1 aliphatic heterocycles. The van der Waals surface area contributed by atoms with Crippen LogP contribution in [0.15, 0.2) is 54.6 Å². The van der Waals surface area contributed by atoms with Crippen molar-refractivity contribution in [2.45, 2.75) is 130 Å². The Hall–Kier alpha value is -4.08. The predicted octanol–water partition coefficient (Wildman–Crippen LogP) is 6.76. The van der Waals surface area contributed by atoms with Gasteiger partial charge in [-0.1, -0.05) is 49.6 Å². The highest BCUT2D eigenvalue weighted by Crippen LogP contribution is 2.25. The topological polar surface area (TPSA) is 117 Å². The molecule has 10 nitrogen and oxygen atoms in total. The number of ether oxygens (including phenoxy) is 2. The third-order valence-electron chi connectivity index (χ3n) is 7.90. The maximum Gasteiger partial charge on any atom is 0.318 e. The second kappa shape index (κ2) is 17.9. The van der Waals surface area contributed by atoms with Gasteiger partial charge in [-0.15, -0.1) is 0 Å². The molecule has 2 unspecified atom stereocenters. The first kappa shape index (κ1) is 38.4. The molecule has 264 valence electrons. The summed E-state index contributed by atoms with van der Waals surface area (Å²) in [6, 6.07) is 14.8. The number of nitrogens with zero attached hydrogens (tertiary/aromatic N) is 2. The smallest absolute Gasteiger partial charge is 0.318 e. The van der Waals surface area contributed by atoms with E-state index < -0.39 is 29.1 Å². The van der Waals surface area contributed by atoms with Crippen LogP contribution in [0.25, 0.3) is 0 Å². The van der Waals surface area contributed by atoms with E-state index in [2.05, 4.69) is 10.6 Å². The molecule has 0 aliphatic carbocycles. The van der Waals surface area contributed by atoms with Crippen LogP contribution in [0, 0.1) is 0 Å². The van der Waals surface area contributed by atoms with Crippen molar-refractivity contribution in [3.05, 3.63) is 60.2 Å². The lowest BCUT2D eigenvalue weighted by Gasteiger charge is -2.34. The van der Waals surface area contributed by atoms with Gasteiger partial charge in [0.15, 0.2) is 0 Å². The van der Waals surface area contributed by atoms with Gasteiger partial charge in [0, 0.05) is 30.7 Å². The molecule has 48 heavy (non-hydrogen) atoms. The first-order chi connectivity index (χ1) is 22.6. The van der Waals surface area contributed by atoms with Crippen LogP contribution in [-0.4, -0.2) is 65.0 Å². The minimum atomic E-state index is -0.918. The van der Waals surface area contributed by atoms with E-state index in [-0.39, 0.29) is 24.3 Å². The van der Waals surface area contributed by atoms with E-state index in [1.807, 2.05) is 71.9 Å². The zero-order valence-electron chi connectivity index (χ0n) is 30.0. The summed E-state index contributed by atoms with van der Waals surface area (Å²) in [5.74, 6) is -0.398. The number of urea groups is 1. The summed E-state index contributed by atoms with van der Waals surface area (Å²) in [5, 5.41) is 6.00. The second-order valence-electron chi connectivity index (χ2n) is 14.6. The van der Waals surface area contributed by atoms with Crippen molar-refractivity contribution in [2.24, 2.45) is 0 Å². The number of carbonyl (C=O) groups excluding carboxylic acids is 4. The molecule has 10 heteroatoms. The van der Waals surface area contributed by atoms with Crippen LogP contribution in [0.1, 0.15) is 105 Å². The number of nitrogens with one attached hydrogen (secondary N) is 2. The standard InChI is InChI=1S/C38H56N4O6/c1-28(34(44)40-37(2,3)4)42(30-21-23-31(24-22-30)47-27-29-17-11-10-12-18-29)35(45)32(19-13-14-20-33(43)48-38(5,6)7)39-36(46)41-25-15-8-9-16-26-41/h10-12,17-18,21-24,28,32H,8-9,13-16,19-20,25-27H2,1-7H3,(H,39,46)(H,40,44). The van der Waals surface area contributed by atoms with Crippen molar-refractivity contribution >= 4 is 29.5 Å². The molecule has 2 atom stereocenters. The zero-order valence-corrected chi connectivity index (χ0v) is 30.0. The molecule has 2 N–H and O–H groups in total. The van der Waals surface area contributed by atoms with Crippen molar-refractivity contribution in [2.75, 3.05) is 18.0 Å². The Morgan fingerprint density at radius 2 is 1.48 bits per heavy atom. The minimum absolute atomic E-state index is 0.205. The molecule has 0 radical (unpaired) electrons. The highest BCUT2D eigenvalue weighted by atomic mass is 16.6. The van der Waals surface area contributed by atoms with Crippen LogP contribution >= 0.6 is 0 Å². The van der Waals surface area contributed by atoms with E-state index in [4.69, 9.17) is 9.47 Å². The van der Waals surface area contributed by atoms with Crippen molar-refractivity contribution in [3.63, 3.8) is 0 Å². The molecular formula is C38H56N4O6. The van der Waals surface area contributed by atoms with Crippen molar-refractivity contribution in [1.29, 1.82) is 0 Å². The van der Waals surface area contributed by atoms with E-state index >= 15 is 0 Å². The fourth-order valence-corrected chi connectivity index (χ4v) is 5.53. The average Bonchev–Trinajstić information content (AvgIpc) is 3.31. The monoisotopic (exact) mass is 664 g/mol. The van der Waals surface area contributed by atoms with E-state index in [0.29, 0.717) is 50.4 Å². The molecule has 3 rings (SSSR count). The van der Waals surface area contributed by atoms with Gasteiger partial charge in [-0.25, -0.2) is 4.79 Å². The molecule has 0 saturated carbocycles. The van der Waals surface area contributed by atoms with Crippen molar-refractivity contribution in [3.8, 4) is 5.75 Å². The van der Waals surface area contributed by atoms with Crippen LogP contribution in [0.3, 0.4) is 0 Å². The predicted molar refractivity (Wildman–Crippen MR) is 189 cm³/mol. The van der Waals surface area contributed by atoms with Gasteiger partial charge in [-0.3, -0.25) is 19.3 Å². The number of hydrogen-bond donors (Lipinski definition) is 2. The number of esters is 1. The molecule has 1 saturated heterocycles. The quantitative estimate of drug-likeness (QED) is 0.181. The van der Waals surface area contributed by atoms with Gasteiger partial charge in [0.05, 0.1) is 0 Å². The highest BCUT2D eigenvalue weighted by Gasteiger charge is 2.35. The maximum atomic E-state index is 14.5. The van der Waals surface area contributed by atoms with Gasteiger partial charge in [0.25, 0.3) is 0 Å². The Morgan fingerprint density at radius 1 is 0.854 bits per heavy atom. The number of likely N-dealkylation sites (tertiary alicyclic amines) is 1. The molecule has 1 heterocycles. The molecule has 2 aromatic carbocycles. The lowest BCUT2D eigenvalue weighted by molar-refractivity contribution is -0.154. The second-order valence-corrected chi connectivity index (χ2v) is 14.6. The number of carbonyl (C=O) groups is 4. The van der Waals surface area contributed by atoms with Gasteiger partial charge < -0.3 is 25.0 Å². The van der Waals surface area contributed by atoms with E-state index in [0.717, 1.165) is 31.2 Å². The molecule has 1 aliphatic rings. The third kappa shape index (κ3) is 13.2. The Balaban J connectivity index is 1.86. The largest absolute Gasteiger partial charge is 0.489 e. The van der Waals surface area contributed by atoms with Gasteiger partial charge in [0.1, 0.15) is 30.0 Å². The summed E-state index contributed by atoms with van der Waals surface area (Å²) in [5.41, 5.74) is 0.437. The third-order valence-corrected chi connectivity index (χ3v) is 7.90. The number of hydrogen-bond acceptors (Lipinski definition) is 6. The van der Waals surface area contributed by atoms with Crippen LogP contribution in [0.2, 0.25) is 0 Å². The molecule has 0 aromatic heterocycles. The average molecular weight is 665 g/mol. The molecule has 0 spiro atoms. The number of amides is 4. The zero-order chi connectivity index (χ0) is 35.3. The Labute approximate surface area is 286 Å². The fraction of sp³-hybridized carbons (Fsp3) is 0.579. The molecule has 0 bridgehead atoms. The van der Waals surface area contributed by atoms with Gasteiger partial charge in [-0.05, 0) is 104 Å². The fourth-order valence-electron chi connectivity index (χ4n) is 5.53. The number of anilines is 1. The number of unbranched alkanes of at least 4 members (excludes halogenated alkanes) is 1. The van der Waals surface area contributed by atoms with Crippen LogP contribution < -0.4 is 20.3 Å². The van der Waals surface area contributed by atoms with Crippen LogP contribution in [-0.2, 0) is 25.7 Å². The Kier molecular flexibility index (Phi) is 14.3. The van der Waals surface area contributed by atoms with Crippen LogP contribution in [0.4, 0.5) is 10.5 Å². The van der Waals surface area contributed by atoms with Gasteiger partial charge in [-0.2, -0.15) is 0 Å². The SMILES string of the molecule is CC(C(=O)NC(C)(C)C)N(C(=O)C(CCCCC(=O)OC(C)(C)C)NC(=O)N1CCCCCC1)c1ccc(OCc2ccccc2)cc1. The summed E-state index contributed by atoms with van der Waals surface area (Å²) in [4.78, 5) is 57.2. The molecule has 2 aromatic rings. The van der Waals surface area contributed by atoms with E-state index in [9.17, 15) is 19.2 Å². The van der Waals surface area contributed by atoms with E-state index in [1.54, 1.807) is 36.1 Å². The normalized spacial score (nSPS) is 15.0. The summed E-state index contributed by atoms with van der Waals surface area (Å²) in [6.45, 7) is 14.5. The maximum absolute atomic E-state index is 14.5. The molecular weight excluding hydrogens is 608 g/mol. The molecule has 4 amide bonds. The summed E-state index contributed by atoms with van der Waals surface area (Å²) in [7, 11) is 0. The molecule has 1 fully saturated rings. The minimum Gasteiger partial charge on any atom is -0.489 e. The van der Waals surface area contributed by atoms with Crippen molar-refractivity contribution < 1.29 is 28.7 Å². The highest BCUT2D eigenvalue weighted by molar-refractivity contribution is 6.04. The first-order valence-electron chi connectivity index (χ1n) is 17.3. The summed E-state index contributed by atoms with van der Waals surface area (Å²) in [6.07, 6.45) is 5.45. The lowest BCUT2D eigenvalue weighted by atomic mass is 10.0. The van der Waals surface area contributed by atoms with Crippen molar-refractivity contribution in [1.82, 2.24) is 15.5 Å². The summed E-state index contributed by atoms with van der Waals surface area (Å²) >= 11 is 0. The number of benzene rings is 2. The van der Waals surface area contributed by atoms with Gasteiger partial charge in [0.2, 0.25) is 11.8 Å². The first-order valence-corrected chi connectivity index (χ1v) is 17.3. The van der Waals surface area contributed by atoms with Gasteiger partial charge >= 0.3 is 12.0 Å². The Morgan fingerprint density at radius 3 is 2.06 bits per heavy atom. The Bertz CT molecular complexity index is 1330. The summed E-state index contributed by atoms with van der Waals surface area (Å²) < 4.78 is 11.4. The van der Waals surface area contributed by atoms with E-state index in [1.165, 1.54) is 4.90 Å².